The van der Waals surface area contributed by atoms with Crippen molar-refractivity contribution >= 4 is 23.1 Å². The summed E-state index contributed by atoms with van der Waals surface area (Å²) in [5, 5.41) is 0. The van der Waals surface area contributed by atoms with E-state index in [1.54, 1.807) is 37.2 Å². The van der Waals surface area contributed by atoms with Crippen molar-refractivity contribution in [2.75, 3.05) is 0 Å². The van der Waals surface area contributed by atoms with Crippen molar-refractivity contribution in [3.8, 4) is 101 Å². The van der Waals surface area contributed by atoms with Crippen LogP contribution in [0.25, 0.3) is 66.8 Å². The van der Waals surface area contributed by atoms with E-state index in [1.807, 2.05) is 73.6 Å². The Morgan fingerprint density at radius 3 is 0.672 bits per heavy atom. The fraction of sp³-hybridized carbons (Fsp3) is 0. The van der Waals surface area contributed by atoms with Crippen molar-refractivity contribution in [1.82, 2.24) is 29.9 Å². The lowest BCUT2D eigenvalue weighted by molar-refractivity contribution is 0.447. The normalized spacial score (nSPS) is 12.5. The van der Waals surface area contributed by atoms with Crippen molar-refractivity contribution in [2.24, 2.45) is 0 Å². The Kier molecular flexibility index (Phi) is 7.12. The Bertz CT molecular complexity index is 2540. The first-order chi connectivity index (χ1) is 28.8. The predicted molar refractivity (Wildman–Crippen MR) is 224 cm³/mol. The van der Waals surface area contributed by atoms with Gasteiger partial charge in [0.2, 0.25) is 0 Å². The van der Waals surface area contributed by atoms with Crippen molar-refractivity contribution in [3.63, 3.8) is 0 Å². The van der Waals surface area contributed by atoms with Crippen LogP contribution in [-0.4, -0.2) is 36.6 Å². The molecule has 9 aromatic rings. The molecule has 9 nitrogen and oxygen atoms in total. The van der Waals surface area contributed by atoms with Crippen LogP contribution in [0.15, 0.2) is 165 Å². The molecule has 58 heavy (non-hydrogen) atoms. The Morgan fingerprint density at radius 2 is 0.500 bits per heavy atom. The van der Waals surface area contributed by atoms with Gasteiger partial charge < -0.3 is 14.2 Å². The molecule has 0 radical (unpaired) electrons. The van der Waals surface area contributed by atoms with Gasteiger partial charge in [-0.25, -0.2) is 0 Å². The summed E-state index contributed by atoms with van der Waals surface area (Å²) in [5.74, 6) is 4.12. The third kappa shape index (κ3) is 4.85. The quantitative estimate of drug-likeness (QED) is 0.154. The molecule has 0 unspecified atom stereocenters. The molecule has 3 aromatic carbocycles. The number of rotatable bonds is 6. The van der Waals surface area contributed by atoms with Crippen LogP contribution in [0.2, 0.25) is 0 Å². The SMILES string of the molecule is c1cncc(-c2cc(-c3cccnc3)c3c4c2Oc2c(-c5cccnc5)cc(-c5cccnc5)c5c2B4c2c(c(-c4cccnc4)cc(-c4cccnc4)c2O5)O3)c1. The van der Waals surface area contributed by atoms with Crippen LogP contribution < -0.4 is 30.6 Å². The lowest BCUT2D eigenvalue weighted by Gasteiger charge is -2.41. The maximum atomic E-state index is 7.37. The predicted octanol–water partition coefficient (Wildman–Crippen LogP) is 8.89. The molecule has 270 valence electrons. The molecule has 0 saturated heterocycles. The molecule has 0 saturated carbocycles. The van der Waals surface area contributed by atoms with Gasteiger partial charge in [0.15, 0.2) is 0 Å². The van der Waals surface area contributed by atoms with Crippen LogP contribution in [0.5, 0.6) is 34.5 Å². The van der Waals surface area contributed by atoms with E-state index in [4.69, 9.17) is 14.2 Å². The van der Waals surface area contributed by atoms with Crippen molar-refractivity contribution in [2.45, 2.75) is 0 Å². The second-order valence-corrected chi connectivity index (χ2v) is 14.3. The van der Waals surface area contributed by atoms with Gasteiger partial charge in [-0.2, -0.15) is 0 Å². The fourth-order valence-corrected chi connectivity index (χ4v) is 8.61. The average Bonchev–Trinajstić information content (AvgIpc) is 3.31. The molecule has 10 heteroatoms. The van der Waals surface area contributed by atoms with Crippen LogP contribution in [0.4, 0.5) is 0 Å². The highest BCUT2D eigenvalue weighted by molar-refractivity contribution is 7.00. The summed E-state index contributed by atoms with van der Waals surface area (Å²) in [6, 6.07) is 30.4. The molecular formula is C48H27BN6O3. The zero-order valence-electron chi connectivity index (χ0n) is 30.6. The van der Waals surface area contributed by atoms with Crippen LogP contribution >= 0.6 is 0 Å². The lowest BCUT2D eigenvalue weighted by Crippen LogP contribution is -2.60. The van der Waals surface area contributed by atoms with Gasteiger partial charge >= 0.3 is 0 Å². The smallest absolute Gasteiger partial charge is 0.270 e. The van der Waals surface area contributed by atoms with E-state index in [-0.39, 0.29) is 0 Å². The zero-order chi connectivity index (χ0) is 38.2. The minimum absolute atomic E-state index is 0.401. The van der Waals surface area contributed by atoms with E-state index in [2.05, 4.69) is 84.5 Å². The van der Waals surface area contributed by atoms with Gasteiger partial charge in [-0.1, -0.05) is 36.4 Å². The highest BCUT2D eigenvalue weighted by atomic mass is 16.5. The number of aromatic nitrogens is 6. The summed E-state index contributed by atoms with van der Waals surface area (Å²) in [5.41, 5.74) is 13.4. The number of pyridine rings is 6. The molecule has 0 bridgehead atoms. The van der Waals surface area contributed by atoms with Gasteiger partial charge in [0.05, 0.1) is 0 Å². The standard InChI is InChI=1S/C48H27BN6O3/c1-7-28(22-50-13-1)34-19-35(29-8-2-14-51-23-29)44-40-43(34)56-45-36(30-9-3-15-52-24-30)20-37(31-10-4-16-53-25-31)46-41(45)49(40)42-47(57-44)38(32-11-5-17-54-26-32)21-39(48(42)58-46)33-12-6-18-55-27-33/h1-27H. The van der Waals surface area contributed by atoms with Crippen molar-refractivity contribution in [3.05, 3.63) is 165 Å². The van der Waals surface area contributed by atoms with Gasteiger partial charge in [0.1, 0.15) is 34.5 Å². The first-order valence-corrected chi connectivity index (χ1v) is 18.9. The maximum Gasteiger partial charge on any atom is 0.270 e. The Balaban J connectivity index is 1.28. The first kappa shape index (κ1) is 32.3. The Hall–Kier alpha value is -7.98. The number of hydrogen-bond acceptors (Lipinski definition) is 9. The summed E-state index contributed by atoms with van der Waals surface area (Å²) in [4.78, 5) is 27.3. The highest BCUT2D eigenvalue weighted by Crippen LogP contribution is 2.55. The summed E-state index contributed by atoms with van der Waals surface area (Å²) >= 11 is 0. The van der Waals surface area contributed by atoms with Gasteiger partial charge in [0, 0.05) is 158 Å². The number of ether oxygens (including phenoxy) is 3. The van der Waals surface area contributed by atoms with Crippen LogP contribution in [0.1, 0.15) is 0 Å². The van der Waals surface area contributed by atoms with Gasteiger partial charge in [-0.3, -0.25) is 29.9 Å². The van der Waals surface area contributed by atoms with E-state index in [0.29, 0.717) is 34.5 Å². The highest BCUT2D eigenvalue weighted by Gasteiger charge is 2.51. The fourth-order valence-electron chi connectivity index (χ4n) is 8.61. The summed E-state index contributed by atoms with van der Waals surface area (Å²) in [7, 11) is 0. The molecular weight excluding hydrogens is 719 g/mol. The molecule has 0 amide bonds. The number of nitrogens with zero attached hydrogens (tertiary/aromatic N) is 6. The van der Waals surface area contributed by atoms with Crippen LogP contribution in [-0.2, 0) is 0 Å². The van der Waals surface area contributed by atoms with Gasteiger partial charge in [-0.05, 0) is 54.6 Å². The minimum Gasteiger partial charge on any atom is -0.457 e. The van der Waals surface area contributed by atoms with E-state index in [1.165, 1.54) is 0 Å². The number of benzene rings is 3. The van der Waals surface area contributed by atoms with Crippen LogP contribution in [0, 0.1) is 0 Å². The molecule has 0 N–H and O–H groups in total. The second kappa shape index (κ2) is 12.8. The summed E-state index contributed by atoms with van der Waals surface area (Å²) in [6.07, 6.45) is 21.9. The minimum atomic E-state index is -0.401. The topological polar surface area (TPSA) is 105 Å². The number of hydrogen-bond donors (Lipinski definition) is 0. The van der Waals surface area contributed by atoms with Gasteiger partial charge in [0.25, 0.3) is 6.71 Å². The third-order valence-electron chi connectivity index (χ3n) is 11.1. The van der Waals surface area contributed by atoms with E-state index in [9.17, 15) is 0 Å². The lowest BCUT2D eigenvalue weighted by atomic mass is 9.33. The van der Waals surface area contributed by atoms with E-state index >= 15 is 0 Å². The monoisotopic (exact) mass is 746 g/mol. The largest absolute Gasteiger partial charge is 0.457 e. The zero-order valence-corrected chi connectivity index (χ0v) is 30.6. The molecule has 0 fully saturated rings. The summed E-state index contributed by atoms with van der Waals surface area (Å²) in [6.45, 7) is -0.401. The molecule has 12 rings (SSSR count). The third-order valence-corrected chi connectivity index (χ3v) is 11.1. The molecule has 3 aliphatic heterocycles. The molecule has 3 aliphatic rings. The van der Waals surface area contributed by atoms with E-state index < -0.39 is 6.71 Å². The van der Waals surface area contributed by atoms with Crippen molar-refractivity contribution in [1.29, 1.82) is 0 Å². The van der Waals surface area contributed by atoms with E-state index in [0.717, 1.165) is 83.1 Å². The van der Waals surface area contributed by atoms with Crippen LogP contribution in [0.3, 0.4) is 0 Å². The molecule has 0 spiro atoms. The van der Waals surface area contributed by atoms with Gasteiger partial charge in [-0.15, -0.1) is 0 Å². The molecule has 0 atom stereocenters. The Morgan fingerprint density at radius 1 is 0.293 bits per heavy atom. The maximum absolute atomic E-state index is 7.37. The summed E-state index contributed by atoms with van der Waals surface area (Å²) < 4.78 is 22.1. The van der Waals surface area contributed by atoms with Crippen molar-refractivity contribution < 1.29 is 14.2 Å². The average molecular weight is 747 g/mol. The molecule has 0 aliphatic carbocycles. The second-order valence-electron chi connectivity index (χ2n) is 14.3. The Labute approximate surface area is 332 Å². The molecule has 6 aromatic heterocycles. The first-order valence-electron chi connectivity index (χ1n) is 18.9. The molecule has 9 heterocycles.